The molecule has 0 saturated heterocycles. The number of thiazole rings is 1. The van der Waals surface area contributed by atoms with Crippen molar-refractivity contribution in [2.45, 2.75) is 39.7 Å². The third-order valence-corrected chi connectivity index (χ3v) is 3.57. The van der Waals surface area contributed by atoms with Gasteiger partial charge < -0.3 is 11.1 Å². The highest BCUT2D eigenvalue weighted by atomic mass is 32.1. The Hall–Kier alpha value is -0.450. The fraction of sp³-hybridized carbons (Fsp3) is 0.750. The van der Waals surface area contributed by atoms with E-state index < -0.39 is 0 Å². The molecule has 0 spiro atoms. The van der Waals surface area contributed by atoms with Gasteiger partial charge in [0.1, 0.15) is 5.01 Å². The maximum atomic E-state index is 5.52. The van der Waals surface area contributed by atoms with Crippen LogP contribution in [0.5, 0.6) is 0 Å². The summed E-state index contributed by atoms with van der Waals surface area (Å²) in [7, 11) is 0. The lowest BCUT2D eigenvalue weighted by Crippen LogP contribution is -2.15. The molecule has 0 bridgehead atoms. The van der Waals surface area contributed by atoms with E-state index in [1.165, 1.54) is 22.7 Å². The Labute approximate surface area is 102 Å². The van der Waals surface area contributed by atoms with Crippen LogP contribution in [0.15, 0.2) is 6.20 Å². The Bertz CT molecular complexity index is 286. The lowest BCUT2D eigenvalue weighted by molar-refractivity contribution is 0.468. The molecule has 0 fully saturated rings. The van der Waals surface area contributed by atoms with Crippen LogP contribution in [0.4, 0.5) is 0 Å². The minimum Gasteiger partial charge on any atom is -0.330 e. The van der Waals surface area contributed by atoms with Gasteiger partial charge in [0.25, 0.3) is 0 Å². The second-order valence-electron chi connectivity index (χ2n) is 4.37. The van der Waals surface area contributed by atoms with E-state index in [1.54, 1.807) is 11.3 Å². The SMILES string of the molecule is Cc1cnc(CNCCCC(C)CCN)s1. The molecule has 0 radical (unpaired) electrons. The summed E-state index contributed by atoms with van der Waals surface area (Å²) in [5.41, 5.74) is 5.52. The quantitative estimate of drug-likeness (QED) is 0.687. The van der Waals surface area contributed by atoms with Gasteiger partial charge >= 0.3 is 0 Å². The monoisotopic (exact) mass is 241 g/mol. The van der Waals surface area contributed by atoms with Gasteiger partial charge in [-0.3, -0.25) is 0 Å². The molecule has 3 N–H and O–H groups in total. The summed E-state index contributed by atoms with van der Waals surface area (Å²) >= 11 is 1.77. The molecule has 3 nitrogen and oxygen atoms in total. The minimum absolute atomic E-state index is 0.758. The number of rotatable bonds is 8. The number of aryl methyl sites for hydroxylation is 1. The lowest BCUT2D eigenvalue weighted by atomic mass is 10.0. The van der Waals surface area contributed by atoms with E-state index in [0.717, 1.165) is 32.0 Å². The van der Waals surface area contributed by atoms with Gasteiger partial charge in [-0.1, -0.05) is 6.92 Å². The summed E-state index contributed by atoms with van der Waals surface area (Å²) < 4.78 is 0. The molecule has 1 heterocycles. The van der Waals surface area contributed by atoms with Crippen LogP contribution in [-0.2, 0) is 6.54 Å². The van der Waals surface area contributed by atoms with Crippen LogP contribution in [0.1, 0.15) is 36.1 Å². The molecule has 0 amide bonds. The van der Waals surface area contributed by atoms with E-state index in [0.29, 0.717) is 0 Å². The summed E-state index contributed by atoms with van der Waals surface area (Å²) in [6.45, 7) is 7.16. The lowest BCUT2D eigenvalue weighted by Gasteiger charge is -2.09. The van der Waals surface area contributed by atoms with Crippen molar-refractivity contribution in [2.75, 3.05) is 13.1 Å². The first kappa shape index (κ1) is 13.6. The third-order valence-electron chi connectivity index (χ3n) is 2.66. The highest BCUT2D eigenvalue weighted by Gasteiger charge is 2.01. The van der Waals surface area contributed by atoms with Crippen molar-refractivity contribution < 1.29 is 0 Å². The van der Waals surface area contributed by atoms with Crippen LogP contribution in [0.2, 0.25) is 0 Å². The van der Waals surface area contributed by atoms with Crippen molar-refractivity contribution in [1.82, 2.24) is 10.3 Å². The first-order valence-electron chi connectivity index (χ1n) is 6.04. The zero-order valence-electron chi connectivity index (χ0n) is 10.3. The first-order chi connectivity index (χ1) is 7.72. The molecule has 0 aliphatic rings. The summed E-state index contributed by atoms with van der Waals surface area (Å²) in [5.74, 6) is 0.758. The summed E-state index contributed by atoms with van der Waals surface area (Å²) in [6, 6.07) is 0. The van der Waals surface area contributed by atoms with E-state index in [2.05, 4.69) is 24.1 Å². The van der Waals surface area contributed by atoms with Gasteiger partial charge in [0.05, 0.1) is 0 Å². The molecule has 0 aromatic carbocycles. The third kappa shape index (κ3) is 5.58. The second kappa shape index (κ2) is 7.76. The smallest absolute Gasteiger partial charge is 0.107 e. The molecular weight excluding hydrogens is 218 g/mol. The zero-order chi connectivity index (χ0) is 11.8. The molecule has 92 valence electrons. The normalized spacial score (nSPS) is 12.9. The number of aromatic nitrogens is 1. The molecule has 1 aromatic rings. The van der Waals surface area contributed by atoms with Crippen molar-refractivity contribution in [1.29, 1.82) is 0 Å². The maximum absolute atomic E-state index is 5.52. The van der Waals surface area contributed by atoms with E-state index in [1.807, 2.05) is 6.20 Å². The number of nitrogens with one attached hydrogen (secondary N) is 1. The van der Waals surface area contributed by atoms with Gasteiger partial charge in [-0.25, -0.2) is 4.98 Å². The van der Waals surface area contributed by atoms with Gasteiger partial charge in [-0.15, -0.1) is 11.3 Å². The maximum Gasteiger partial charge on any atom is 0.107 e. The molecule has 1 atom stereocenters. The largest absolute Gasteiger partial charge is 0.330 e. The average molecular weight is 241 g/mol. The second-order valence-corrected chi connectivity index (χ2v) is 5.69. The van der Waals surface area contributed by atoms with Crippen molar-refractivity contribution in [3.05, 3.63) is 16.1 Å². The van der Waals surface area contributed by atoms with Crippen molar-refractivity contribution >= 4 is 11.3 Å². The fourth-order valence-electron chi connectivity index (χ4n) is 1.68. The molecule has 16 heavy (non-hydrogen) atoms. The minimum atomic E-state index is 0.758. The van der Waals surface area contributed by atoms with Gasteiger partial charge in [0, 0.05) is 17.6 Å². The van der Waals surface area contributed by atoms with Crippen LogP contribution in [0, 0.1) is 12.8 Å². The molecule has 0 aliphatic heterocycles. The number of nitrogens with two attached hydrogens (primary N) is 1. The molecule has 0 saturated carbocycles. The topological polar surface area (TPSA) is 50.9 Å². The van der Waals surface area contributed by atoms with Gasteiger partial charge in [0.15, 0.2) is 0 Å². The van der Waals surface area contributed by atoms with Crippen molar-refractivity contribution in [3.8, 4) is 0 Å². The van der Waals surface area contributed by atoms with E-state index >= 15 is 0 Å². The number of nitrogens with zero attached hydrogens (tertiary/aromatic N) is 1. The fourth-order valence-corrected chi connectivity index (χ4v) is 2.44. The van der Waals surface area contributed by atoms with Crippen molar-refractivity contribution in [2.24, 2.45) is 11.7 Å². The number of hydrogen-bond acceptors (Lipinski definition) is 4. The van der Waals surface area contributed by atoms with Crippen LogP contribution in [0.3, 0.4) is 0 Å². The van der Waals surface area contributed by atoms with E-state index in [-0.39, 0.29) is 0 Å². The van der Waals surface area contributed by atoms with Crippen LogP contribution in [-0.4, -0.2) is 18.1 Å². The van der Waals surface area contributed by atoms with E-state index in [4.69, 9.17) is 5.73 Å². The van der Waals surface area contributed by atoms with Gasteiger partial charge in [-0.05, 0) is 45.2 Å². The standard InChI is InChI=1S/C12H23N3S/c1-10(5-6-13)4-3-7-14-9-12-15-8-11(2)16-12/h8,10,14H,3-7,9,13H2,1-2H3. The van der Waals surface area contributed by atoms with Crippen molar-refractivity contribution in [3.63, 3.8) is 0 Å². The first-order valence-corrected chi connectivity index (χ1v) is 6.86. The Morgan fingerprint density at radius 2 is 2.31 bits per heavy atom. The number of hydrogen-bond donors (Lipinski definition) is 2. The average Bonchev–Trinajstić information content (AvgIpc) is 2.64. The van der Waals surface area contributed by atoms with Crippen LogP contribution in [0.25, 0.3) is 0 Å². The highest BCUT2D eigenvalue weighted by molar-refractivity contribution is 7.11. The summed E-state index contributed by atoms with van der Waals surface area (Å²) in [4.78, 5) is 5.60. The summed E-state index contributed by atoms with van der Waals surface area (Å²) in [5, 5.41) is 4.62. The Morgan fingerprint density at radius 3 is 2.94 bits per heavy atom. The Balaban J connectivity index is 2.00. The van der Waals surface area contributed by atoms with Crippen LogP contribution < -0.4 is 11.1 Å². The molecule has 0 aliphatic carbocycles. The molecule has 1 rings (SSSR count). The zero-order valence-corrected chi connectivity index (χ0v) is 11.1. The predicted molar refractivity (Wildman–Crippen MR) is 70.6 cm³/mol. The molecule has 1 unspecified atom stereocenters. The van der Waals surface area contributed by atoms with Gasteiger partial charge in [0.2, 0.25) is 0 Å². The highest BCUT2D eigenvalue weighted by Crippen LogP contribution is 2.11. The Kier molecular flexibility index (Phi) is 6.61. The van der Waals surface area contributed by atoms with Gasteiger partial charge in [-0.2, -0.15) is 0 Å². The van der Waals surface area contributed by atoms with E-state index in [9.17, 15) is 0 Å². The molecular formula is C12H23N3S. The molecule has 1 aromatic heterocycles. The predicted octanol–water partition coefficient (Wildman–Crippen LogP) is 2.31. The molecule has 4 heteroatoms. The summed E-state index contributed by atoms with van der Waals surface area (Å²) in [6.07, 6.45) is 5.57. The van der Waals surface area contributed by atoms with Crippen LogP contribution >= 0.6 is 11.3 Å². The Morgan fingerprint density at radius 1 is 1.50 bits per heavy atom.